The first-order valence-corrected chi connectivity index (χ1v) is 7.30. The summed E-state index contributed by atoms with van der Waals surface area (Å²) in [7, 11) is 1.95. The third-order valence-electron chi connectivity index (χ3n) is 4.31. The molecule has 0 aliphatic heterocycles. The molecule has 1 aromatic rings. The summed E-state index contributed by atoms with van der Waals surface area (Å²) in [4.78, 5) is 0. The molecule has 1 saturated carbocycles. The topological polar surface area (TPSA) is 12.0 Å². The summed E-state index contributed by atoms with van der Waals surface area (Å²) < 4.78 is 27.5. The summed E-state index contributed by atoms with van der Waals surface area (Å²) in [5.41, 5.74) is 0.274. The van der Waals surface area contributed by atoms with Crippen LogP contribution in [0.5, 0.6) is 0 Å². The molecule has 0 amide bonds. The highest BCUT2D eigenvalue weighted by Crippen LogP contribution is 2.32. The maximum Gasteiger partial charge on any atom is 0.129 e. The highest BCUT2D eigenvalue weighted by molar-refractivity contribution is 5.20. The van der Waals surface area contributed by atoms with Crippen LogP contribution in [-0.2, 0) is 6.42 Å². The number of benzene rings is 1. The van der Waals surface area contributed by atoms with Gasteiger partial charge in [0, 0.05) is 5.56 Å². The standard InChI is InChI=1S/C16H23F2N/c1-19-11-13-7-4-2-3-6-12(13)10-14-15(17)8-5-9-16(14)18/h5,8-9,12-13,19H,2-4,6-7,10-11H2,1H3. The average Bonchev–Trinajstić information content (AvgIpc) is 2.60. The first-order chi connectivity index (χ1) is 9.22. The maximum absolute atomic E-state index is 13.8. The molecule has 2 atom stereocenters. The van der Waals surface area contributed by atoms with Crippen molar-refractivity contribution >= 4 is 0 Å². The second-order valence-corrected chi connectivity index (χ2v) is 5.62. The molecule has 1 aromatic carbocycles. The van der Waals surface area contributed by atoms with Crippen molar-refractivity contribution in [3.8, 4) is 0 Å². The van der Waals surface area contributed by atoms with Crippen molar-refractivity contribution in [3.05, 3.63) is 35.4 Å². The van der Waals surface area contributed by atoms with E-state index in [1.165, 1.54) is 43.9 Å². The Kier molecular flexibility index (Phi) is 5.32. The minimum Gasteiger partial charge on any atom is -0.319 e. The van der Waals surface area contributed by atoms with Crippen LogP contribution in [0.25, 0.3) is 0 Å². The Morgan fingerprint density at radius 1 is 1.05 bits per heavy atom. The van der Waals surface area contributed by atoms with E-state index in [4.69, 9.17) is 0 Å². The number of hydrogen-bond donors (Lipinski definition) is 1. The largest absolute Gasteiger partial charge is 0.319 e. The Hall–Kier alpha value is -0.960. The second-order valence-electron chi connectivity index (χ2n) is 5.62. The molecule has 0 saturated heterocycles. The van der Waals surface area contributed by atoms with Crippen molar-refractivity contribution in [3.63, 3.8) is 0 Å². The molecular formula is C16H23F2N. The highest BCUT2D eigenvalue weighted by Gasteiger charge is 2.25. The molecule has 0 bridgehead atoms. The van der Waals surface area contributed by atoms with E-state index in [1.54, 1.807) is 0 Å². The first-order valence-electron chi connectivity index (χ1n) is 7.30. The van der Waals surface area contributed by atoms with Crippen LogP contribution in [0.4, 0.5) is 8.78 Å². The van der Waals surface area contributed by atoms with Gasteiger partial charge in [-0.2, -0.15) is 0 Å². The predicted molar refractivity (Wildman–Crippen MR) is 74.1 cm³/mol. The van der Waals surface area contributed by atoms with Gasteiger partial charge in [0.25, 0.3) is 0 Å². The maximum atomic E-state index is 13.8. The lowest BCUT2D eigenvalue weighted by molar-refractivity contribution is 0.298. The van der Waals surface area contributed by atoms with Gasteiger partial charge in [-0.1, -0.05) is 25.3 Å². The van der Waals surface area contributed by atoms with Crippen LogP contribution in [0, 0.1) is 23.5 Å². The minimum absolute atomic E-state index is 0.274. The van der Waals surface area contributed by atoms with Gasteiger partial charge in [-0.15, -0.1) is 0 Å². The molecule has 2 unspecified atom stereocenters. The third kappa shape index (κ3) is 3.75. The Morgan fingerprint density at radius 3 is 2.32 bits per heavy atom. The van der Waals surface area contributed by atoms with Crippen molar-refractivity contribution in [2.45, 2.75) is 38.5 Å². The van der Waals surface area contributed by atoms with E-state index in [1.807, 2.05) is 7.05 Å². The molecule has 1 aliphatic rings. The lowest BCUT2D eigenvalue weighted by Crippen LogP contribution is -2.27. The predicted octanol–water partition coefficient (Wildman–Crippen LogP) is 3.92. The van der Waals surface area contributed by atoms with Crippen LogP contribution in [0.1, 0.15) is 37.7 Å². The van der Waals surface area contributed by atoms with Gasteiger partial charge in [-0.05, 0) is 56.8 Å². The monoisotopic (exact) mass is 267 g/mol. The third-order valence-corrected chi connectivity index (χ3v) is 4.31. The smallest absolute Gasteiger partial charge is 0.129 e. The molecule has 1 aliphatic carbocycles. The number of hydrogen-bond acceptors (Lipinski definition) is 1. The Balaban J connectivity index is 2.13. The summed E-state index contributed by atoms with van der Waals surface area (Å²) in [5, 5.41) is 3.22. The first kappa shape index (κ1) is 14.4. The molecule has 0 spiro atoms. The molecule has 2 rings (SSSR count). The number of nitrogens with one attached hydrogen (secondary N) is 1. The molecule has 0 heterocycles. The Morgan fingerprint density at radius 2 is 1.68 bits per heavy atom. The summed E-state index contributed by atoms with van der Waals surface area (Å²) in [6, 6.07) is 4.16. The second kappa shape index (κ2) is 6.99. The molecular weight excluding hydrogens is 244 g/mol. The molecule has 0 aromatic heterocycles. The number of rotatable bonds is 4. The average molecular weight is 267 g/mol. The van der Waals surface area contributed by atoms with Crippen molar-refractivity contribution in [1.29, 1.82) is 0 Å². The van der Waals surface area contributed by atoms with Crippen LogP contribution in [0.3, 0.4) is 0 Å². The van der Waals surface area contributed by atoms with Gasteiger partial charge < -0.3 is 5.32 Å². The van der Waals surface area contributed by atoms with Crippen LogP contribution < -0.4 is 5.32 Å². The molecule has 1 fully saturated rings. The van der Waals surface area contributed by atoms with E-state index >= 15 is 0 Å². The summed E-state index contributed by atoms with van der Waals surface area (Å²) in [5.74, 6) is 0.132. The fourth-order valence-corrected chi connectivity index (χ4v) is 3.25. The van der Waals surface area contributed by atoms with E-state index in [9.17, 15) is 8.78 Å². The normalized spacial score (nSPS) is 24.2. The minimum atomic E-state index is -0.396. The summed E-state index contributed by atoms with van der Waals surface area (Å²) in [6.45, 7) is 0.945. The Labute approximate surface area is 114 Å². The Bertz CT molecular complexity index is 385. The van der Waals surface area contributed by atoms with Crippen molar-refractivity contribution in [1.82, 2.24) is 5.32 Å². The highest BCUT2D eigenvalue weighted by atomic mass is 19.1. The van der Waals surface area contributed by atoms with Crippen LogP contribution in [-0.4, -0.2) is 13.6 Å². The van der Waals surface area contributed by atoms with Gasteiger partial charge in [0.15, 0.2) is 0 Å². The van der Waals surface area contributed by atoms with E-state index in [0.717, 1.165) is 13.0 Å². The lowest BCUT2D eigenvalue weighted by Gasteiger charge is -2.25. The van der Waals surface area contributed by atoms with Gasteiger partial charge >= 0.3 is 0 Å². The SMILES string of the molecule is CNCC1CCCCCC1Cc1c(F)cccc1F. The zero-order valence-corrected chi connectivity index (χ0v) is 11.6. The van der Waals surface area contributed by atoms with E-state index in [0.29, 0.717) is 18.3 Å². The fraction of sp³-hybridized carbons (Fsp3) is 0.625. The summed E-state index contributed by atoms with van der Waals surface area (Å²) in [6.07, 6.45) is 6.45. The zero-order valence-electron chi connectivity index (χ0n) is 11.6. The quantitative estimate of drug-likeness (QED) is 0.815. The molecule has 106 valence electrons. The van der Waals surface area contributed by atoms with Gasteiger partial charge in [0.05, 0.1) is 0 Å². The van der Waals surface area contributed by atoms with Crippen LogP contribution >= 0.6 is 0 Å². The van der Waals surface area contributed by atoms with E-state index in [-0.39, 0.29) is 5.56 Å². The van der Waals surface area contributed by atoms with Gasteiger partial charge in [-0.3, -0.25) is 0 Å². The van der Waals surface area contributed by atoms with Crippen molar-refractivity contribution < 1.29 is 8.78 Å². The molecule has 3 heteroatoms. The molecule has 0 radical (unpaired) electrons. The van der Waals surface area contributed by atoms with Crippen LogP contribution in [0.15, 0.2) is 18.2 Å². The molecule has 19 heavy (non-hydrogen) atoms. The number of halogens is 2. The van der Waals surface area contributed by atoms with Gasteiger partial charge in [0.2, 0.25) is 0 Å². The molecule has 1 N–H and O–H groups in total. The van der Waals surface area contributed by atoms with Crippen LogP contribution in [0.2, 0.25) is 0 Å². The van der Waals surface area contributed by atoms with E-state index < -0.39 is 11.6 Å². The van der Waals surface area contributed by atoms with Crippen molar-refractivity contribution in [2.75, 3.05) is 13.6 Å². The molecule has 1 nitrogen and oxygen atoms in total. The fourth-order valence-electron chi connectivity index (χ4n) is 3.25. The van der Waals surface area contributed by atoms with E-state index in [2.05, 4.69) is 5.32 Å². The summed E-state index contributed by atoms with van der Waals surface area (Å²) >= 11 is 0. The van der Waals surface area contributed by atoms with Gasteiger partial charge in [-0.25, -0.2) is 8.78 Å². The zero-order chi connectivity index (χ0) is 13.7. The van der Waals surface area contributed by atoms with Gasteiger partial charge in [0.1, 0.15) is 11.6 Å². The lowest BCUT2D eigenvalue weighted by atomic mass is 9.83. The van der Waals surface area contributed by atoms with Crippen molar-refractivity contribution in [2.24, 2.45) is 11.8 Å².